The molecule has 2 aromatic rings. The standard InChI is InChI=1S/C18H20BrNO4/c1-4-24-17-15(19)9-13(10-16(17)23-3)18(21)20-14-7-5-6-12(8-14)11-22-2/h5-10H,4,11H2,1-3H3,(H,20,21). The fraction of sp³-hybridized carbons (Fsp3) is 0.278. The van der Waals surface area contributed by atoms with Gasteiger partial charge in [0.2, 0.25) is 0 Å². The molecule has 2 rings (SSSR count). The number of halogens is 1. The summed E-state index contributed by atoms with van der Waals surface area (Å²) in [6.07, 6.45) is 0. The van der Waals surface area contributed by atoms with Gasteiger partial charge in [0, 0.05) is 18.4 Å². The van der Waals surface area contributed by atoms with Crippen LogP contribution in [0.2, 0.25) is 0 Å². The summed E-state index contributed by atoms with van der Waals surface area (Å²) in [5.74, 6) is 0.856. The van der Waals surface area contributed by atoms with Gasteiger partial charge in [0.05, 0.1) is 24.8 Å². The van der Waals surface area contributed by atoms with E-state index in [1.807, 2.05) is 31.2 Å². The number of nitrogens with one attached hydrogen (secondary N) is 1. The molecular formula is C18H20BrNO4. The van der Waals surface area contributed by atoms with Gasteiger partial charge in [0.25, 0.3) is 5.91 Å². The van der Waals surface area contributed by atoms with Crippen LogP contribution in [0.4, 0.5) is 5.69 Å². The zero-order valence-electron chi connectivity index (χ0n) is 13.9. The lowest BCUT2D eigenvalue weighted by Crippen LogP contribution is -2.12. The van der Waals surface area contributed by atoms with Crippen molar-refractivity contribution < 1.29 is 19.0 Å². The molecule has 24 heavy (non-hydrogen) atoms. The first-order valence-corrected chi connectivity index (χ1v) is 8.27. The first-order chi connectivity index (χ1) is 11.6. The second-order valence-electron chi connectivity index (χ2n) is 5.01. The van der Waals surface area contributed by atoms with Gasteiger partial charge in [-0.05, 0) is 52.7 Å². The molecule has 6 heteroatoms. The summed E-state index contributed by atoms with van der Waals surface area (Å²) in [4.78, 5) is 12.5. The lowest BCUT2D eigenvalue weighted by atomic mass is 10.1. The first-order valence-electron chi connectivity index (χ1n) is 7.48. The van der Waals surface area contributed by atoms with E-state index in [4.69, 9.17) is 14.2 Å². The number of carbonyl (C=O) groups excluding carboxylic acids is 1. The van der Waals surface area contributed by atoms with Crippen LogP contribution >= 0.6 is 15.9 Å². The molecule has 0 heterocycles. The van der Waals surface area contributed by atoms with Crippen molar-refractivity contribution in [1.82, 2.24) is 0 Å². The van der Waals surface area contributed by atoms with Gasteiger partial charge in [-0.15, -0.1) is 0 Å². The maximum atomic E-state index is 12.5. The highest BCUT2D eigenvalue weighted by atomic mass is 79.9. The average molecular weight is 394 g/mol. The average Bonchev–Trinajstić information content (AvgIpc) is 2.57. The van der Waals surface area contributed by atoms with Crippen molar-refractivity contribution in [2.45, 2.75) is 13.5 Å². The predicted molar refractivity (Wildman–Crippen MR) is 97.0 cm³/mol. The molecule has 0 aliphatic rings. The fourth-order valence-corrected chi connectivity index (χ4v) is 2.80. The molecule has 5 nitrogen and oxygen atoms in total. The molecular weight excluding hydrogens is 374 g/mol. The van der Waals surface area contributed by atoms with E-state index in [1.54, 1.807) is 26.4 Å². The number of ether oxygens (including phenoxy) is 3. The molecule has 0 aliphatic heterocycles. The second-order valence-corrected chi connectivity index (χ2v) is 5.86. The lowest BCUT2D eigenvalue weighted by molar-refractivity contribution is 0.102. The van der Waals surface area contributed by atoms with Crippen LogP contribution in [0.1, 0.15) is 22.8 Å². The monoisotopic (exact) mass is 393 g/mol. The van der Waals surface area contributed by atoms with E-state index < -0.39 is 0 Å². The minimum Gasteiger partial charge on any atom is -0.493 e. The van der Waals surface area contributed by atoms with Crippen molar-refractivity contribution in [2.24, 2.45) is 0 Å². The lowest BCUT2D eigenvalue weighted by Gasteiger charge is -2.13. The van der Waals surface area contributed by atoms with Gasteiger partial charge in [0.15, 0.2) is 11.5 Å². The number of amides is 1. The molecule has 0 bridgehead atoms. The third-order valence-corrected chi connectivity index (χ3v) is 3.87. The van der Waals surface area contributed by atoms with Crippen LogP contribution in [-0.4, -0.2) is 26.7 Å². The number of rotatable bonds is 7. The molecule has 1 N–H and O–H groups in total. The highest BCUT2D eigenvalue weighted by Gasteiger charge is 2.15. The third kappa shape index (κ3) is 4.49. The molecule has 1 amide bonds. The van der Waals surface area contributed by atoms with Gasteiger partial charge in [-0.25, -0.2) is 0 Å². The summed E-state index contributed by atoms with van der Waals surface area (Å²) in [5.41, 5.74) is 2.17. The smallest absolute Gasteiger partial charge is 0.255 e. The minimum atomic E-state index is -0.230. The molecule has 0 atom stereocenters. The van der Waals surface area contributed by atoms with E-state index >= 15 is 0 Å². The van der Waals surface area contributed by atoms with Gasteiger partial charge in [0.1, 0.15) is 0 Å². The van der Waals surface area contributed by atoms with Gasteiger partial charge >= 0.3 is 0 Å². The van der Waals surface area contributed by atoms with Crippen LogP contribution in [0.25, 0.3) is 0 Å². The number of hydrogen-bond acceptors (Lipinski definition) is 4. The molecule has 0 saturated heterocycles. The molecule has 2 aromatic carbocycles. The highest BCUT2D eigenvalue weighted by molar-refractivity contribution is 9.10. The van der Waals surface area contributed by atoms with Gasteiger partial charge < -0.3 is 19.5 Å². The number of methoxy groups -OCH3 is 2. The zero-order valence-corrected chi connectivity index (χ0v) is 15.5. The molecule has 0 radical (unpaired) electrons. The Hall–Kier alpha value is -2.05. The Kier molecular flexibility index (Phi) is 6.63. The number of carbonyl (C=O) groups is 1. The van der Waals surface area contributed by atoms with Crippen molar-refractivity contribution in [3.8, 4) is 11.5 Å². The second kappa shape index (κ2) is 8.70. The fourth-order valence-electron chi connectivity index (χ4n) is 2.24. The van der Waals surface area contributed by atoms with Gasteiger partial charge in [-0.3, -0.25) is 4.79 Å². The molecule has 128 valence electrons. The number of hydrogen-bond donors (Lipinski definition) is 1. The Morgan fingerprint density at radius 2 is 2.00 bits per heavy atom. The van der Waals surface area contributed by atoms with Crippen LogP contribution < -0.4 is 14.8 Å². The van der Waals surface area contributed by atoms with Crippen molar-refractivity contribution in [3.05, 3.63) is 52.0 Å². The Morgan fingerprint density at radius 1 is 1.21 bits per heavy atom. The molecule has 0 saturated carbocycles. The van der Waals surface area contributed by atoms with E-state index in [2.05, 4.69) is 21.2 Å². The van der Waals surface area contributed by atoms with Gasteiger partial charge in [-0.1, -0.05) is 12.1 Å². The molecule has 0 spiro atoms. The Labute approximate surface area is 150 Å². The normalized spacial score (nSPS) is 10.3. The van der Waals surface area contributed by atoms with E-state index in [9.17, 15) is 4.79 Å². The molecule has 0 aromatic heterocycles. The SMILES string of the molecule is CCOc1c(Br)cc(C(=O)Nc2cccc(COC)c2)cc1OC. The summed E-state index contributed by atoms with van der Waals surface area (Å²) in [6, 6.07) is 10.9. The summed E-state index contributed by atoms with van der Waals surface area (Å²) in [6.45, 7) is 2.89. The molecule has 0 unspecified atom stereocenters. The summed E-state index contributed by atoms with van der Waals surface area (Å²) in [7, 11) is 3.18. The minimum absolute atomic E-state index is 0.230. The van der Waals surface area contributed by atoms with E-state index in [-0.39, 0.29) is 5.91 Å². The molecule has 0 fully saturated rings. The van der Waals surface area contributed by atoms with Crippen LogP contribution in [-0.2, 0) is 11.3 Å². The summed E-state index contributed by atoms with van der Waals surface area (Å²) < 4.78 is 16.6. The topological polar surface area (TPSA) is 56.8 Å². The van der Waals surface area contributed by atoms with Crippen molar-refractivity contribution in [3.63, 3.8) is 0 Å². The number of benzene rings is 2. The van der Waals surface area contributed by atoms with E-state index in [0.29, 0.717) is 40.4 Å². The quantitative estimate of drug-likeness (QED) is 0.763. The maximum absolute atomic E-state index is 12.5. The Morgan fingerprint density at radius 3 is 2.67 bits per heavy atom. The summed E-state index contributed by atoms with van der Waals surface area (Å²) >= 11 is 3.42. The first kappa shape index (κ1) is 18.3. The van der Waals surface area contributed by atoms with Crippen LogP contribution in [0.5, 0.6) is 11.5 Å². The van der Waals surface area contributed by atoms with E-state index in [0.717, 1.165) is 5.56 Å². The van der Waals surface area contributed by atoms with Crippen molar-refractivity contribution in [1.29, 1.82) is 0 Å². The Bertz CT molecular complexity index is 718. The van der Waals surface area contributed by atoms with Crippen molar-refractivity contribution >= 4 is 27.5 Å². The zero-order chi connectivity index (χ0) is 17.5. The highest BCUT2D eigenvalue weighted by Crippen LogP contribution is 2.36. The summed E-state index contributed by atoms with van der Waals surface area (Å²) in [5, 5.41) is 2.88. The van der Waals surface area contributed by atoms with Crippen LogP contribution in [0, 0.1) is 0 Å². The largest absolute Gasteiger partial charge is 0.493 e. The predicted octanol–water partition coefficient (Wildman–Crippen LogP) is 4.26. The van der Waals surface area contributed by atoms with Crippen LogP contribution in [0.15, 0.2) is 40.9 Å². The van der Waals surface area contributed by atoms with E-state index in [1.165, 1.54) is 0 Å². The number of anilines is 1. The third-order valence-electron chi connectivity index (χ3n) is 3.28. The molecule has 0 aliphatic carbocycles. The van der Waals surface area contributed by atoms with Crippen molar-refractivity contribution in [2.75, 3.05) is 26.1 Å². The Balaban J connectivity index is 2.23. The maximum Gasteiger partial charge on any atom is 0.255 e. The van der Waals surface area contributed by atoms with Crippen LogP contribution in [0.3, 0.4) is 0 Å². The van der Waals surface area contributed by atoms with Gasteiger partial charge in [-0.2, -0.15) is 0 Å².